The van der Waals surface area contributed by atoms with Gasteiger partial charge in [-0.05, 0) is 30.5 Å². The smallest absolute Gasteiger partial charge is 0.272 e. The van der Waals surface area contributed by atoms with Gasteiger partial charge in [0.05, 0.1) is 19.0 Å². The quantitative estimate of drug-likeness (QED) is 0.812. The second-order valence-electron chi connectivity index (χ2n) is 5.52. The van der Waals surface area contributed by atoms with Gasteiger partial charge in [-0.1, -0.05) is 32.4 Å². The van der Waals surface area contributed by atoms with E-state index in [4.69, 9.17) is 4.74 Å². The van der Waals surface area contributed by atoms with Crippen LogP contribution in [0.15, 0.2) is 35.3 Å². The molecule has 0 fully saturated rings. The summed E-state index contributed by atoms with van der Waals surface area (Å²) in [5, 5.41) is 7.62. The predicted octanol–water partition coefficient (Wildman–Crippen LogP) is 3.23. The van der Waals surface area contributed by atoms with Crippen molar-refractivity contribution < 1.29 is 4.74 Å². The van der Waals surface area contributed by atoms with E-state index in [2.05, 4.69) is 17.3 Å². The number of hydrogen-bond donors (Lipinski definition) is 1. The zero-order valence-corrected chi connectivity index (χ0v) is 14.1. The highest BCUT2D eigenvalue weighted by molar-refractivity contribution is 5.48. The van der Waals surface area contributed by atoms with Crippen LogP contribution in [0.1, 0.15) is 37.8 Å². The van der Waals surface area contributed by atoms with Gasteiger partial charge in [0.2, 0.25) is 0 Å². The highest BCUT2D eigenvalue weighted by atomic mass is 16.5. The summed E-state index contributed by atoms with van der Waals surface area (Å²) < 4.78 is 6.72. The maximum Gasteiger partial charge on any atom is 0.272 e. The number of aromatic nitrogens is 2. The molecule has 1 aromatic heterocycles. The van der Waals surface area contributed by atoms with E-state index in [1.807, 2.05) is 31.2 Å². The monoisotopic (exact) mass is 315 g/mol. The molecule has 0 aliphatic heterocycles. The average molecular weight is 315 g/mol. The van der Waals surface area contributed by atoms with Gasteiger partial charge in [0.15, 0.2) is 0 Å². The Kier molecular flexibility index (Phi) is 6.20. The minimum atomic E-state index is 0.0217. The Bertz CT molecular complexity index is 678. The van der Waals surface area contributed by atoms with Gasteiger partial charge in [-0.2, -0.15) is 5.10 Å². The molecule has 0 atom stereocenters. The summed E-state index contributed by atoms with van der Waals surface area (Å²) in [6.45, 7) is 5.44. The molecule has 0 amide bonds. The third-order valence-electron chi connectivity index (χ3n) is 3.72. The number of nitrogens with one attached hydrogen (secondary N) is 1. The molecule has 0 radical (unpaired) electrons. The van der Waals surface area contributed by atoms with Gasteiger partial charge in [-0.25, -0.2) is 4.68 Å². The minimum Gasteiger partial charge on any atom is -0.497 e. The molecule has 5 heteroatoms. The Morgan fingerprint density at radius 2 is 1.91 bits per heavy atom. The number of rotatable bonds is 8. The van der Waals surface area contributed by atoms with Crippen molar-refractivity contribution in [2.24, 2.45) is 0 Å². The molecule has 124 valence electrons. The van der Waals surface area contributed by atoms with Crippen LogP contribution >= 0.6 is 0 Å². The van der Waals surface area contributed by atoms with Crippen LogP contribution in [0.2, 0.25) is 0 Å². The molecule has 0 spiro atoms. The molecule has 1 heterocycles. The first-order valence-electron chi connectivity index (χ1n) is 8.15. The summed E-state index contributed by atoms with van der Waals surface area (Å²) in [6.07, 6.45) is 4.36. The highest BCUT2D eigenvalue weighted by Crippen LogP contribution is 2.15. The molecule has 5 nitrogen and oxygen atoms in total. The third kappa shape index (κ3) is 4.34. The summed E-state index contributed by atoms with van der Waals surface area (Å²) in [5.74, 6) is 0.837. The molecule has 1 aromatic carbocycles. The van der Waals surface area contributed by atoms with Crippen molar-refractivity contribution in [2.45, 2.75) is 46.2 Å². The fourth-order valence-electron chi connectivity index (χ4n) is 2.48. The van der Waals surface area contributed by atoms with E-state index in [0.29, 0.717) is 13.1 Å². The summed E-state index contributed by atoms with van der Waals surface area (Å²) in [5.41, 5.74) is 2.81. The topological polar surface area (TPSA) is 56.1 Å². The Hall–Kier alpha value is -2.30. The fraction of sp³-hybridized carbons (Fsp3) is 0.444. The highest BCUT2D eigenvalue weighted by Gasteiger charge is 2.10. The van der Waals surface area contributed by atoms with Crippen LogP contribution in [0.3, 0.4) is 0 Å². The molecule has 0 aliphatic rings. The van der Waals surface area contributed by atoms with Gasteiger partial charge in [0.1, 0.15) is 5.75 Å². The van der Waals surface area contributed by atoms with Crippen LogP contribution in [0.5, 0.6) is 5.75 Å². The molecule has 1 N–H and O–H groups in total. The molecule has 0 saturated carbocycles. The van der Waals surface area contributed by atoms with Crippen molar-refractivity contribution in [3.05, 3.63) is 51.9 Å². The van der Waals surface area contributed by atoms with Crippen molar-refractivity contribution >= 4 is 5.69 Å². The van der Waals surface area contributed by atoms with E-state index >= 15 is 0 Å². The lowest BCUT2D eigenvalue weighted by atomic mass is 10.1. The molecular formula is C18H25N3O2. The number of aryl methyl sites for hydroxylation is 1. The van der Waals surface area contributed by atoms with Gasteiger partial charge in [0, 0.05) is 18.7 Å². The zero-order chi connectivity index (χ0) is 16.7. The summed E-state index contributed by atoms with van der Waals surface area (Å²) in [4.78, 5) is 12.5. The van der Waals surface area contributed by atoms with E-state index in [1.54, 1.807) is 18.0 Å². The van der Waals surface area contributed by atoms with Crippen LogP contribution in [0, 0.1) is 0 Å². The van der Waals surface area contributed by atoms with Gasteiger partial charge in [-0.15, -0.1) is 0 Å². The van der Waals surface area contributed by atoms with Gasteiger partial charge < -0.3 is 10.1 Å². The minimum absolute atomic E-state index is 0.0217. The average Bonchev–Trinajstić information content (AvgIpc) is 2.58. The predicted molar refractivity (Wildman–Crippen MR) is 93.1 cm³/mol. The van der Waals surface area contributed by atoms with E-state index in [1.165, 1.54) is 0 Å². The van der Waals surface area contributed by atoms with Crippen molar-refractivity contribution in [1.82, 2.24) is 9.78 Å². The largest absolute Gasteiger partial charge is 0.497 e. The third-order valence-corrected chi connectivity index (χ3v) is 3.72. The Labute approximate surface area is 137 Å². The number of methoxy groups -OCH3 is 1. The van der Waals surface area contributed by atoms with Crippen LogP contribution in [0.4, 0.5) is 5.69 Å². The van der Waals surface area contributed by atoms with E-state index in [0.717, 1.165) is 41.8 Å². The summed E-state index contributed by atoms with van der Waals surface area (Å²) in [7, 11) is 1.65. The van der Waals surface area contributed by atoms with Crippen LogP contribution in [0.25, 0.3) is 0 Å². The van der Waals surface area contributed by atoms with Crippen molar-refractivity contribution in [3.63, 3.8) is 0 Å². The second-order valence-corrected chi connectivity index (χ2v) is 5.52. The fourth-order valence-corrected chi connectivity index (χ4v) is 2.48. The first kappa shape index (κ1) is 17.1. The molecule has 0 aliphatic carbocycles. The molecular weight excluding hydrogens is 290 g/mol. The molecule has 2 rings (SSSR count). The molecule has 23 heavy (non-hydrogen) atoms. The Morgan fingerprint density at radius 3 is 2.52 bits per heavy atom. The molecule has 0 bridgehead atoms. The van der Waals surface area contributed by atoms with Crippen molar-refractivity contribution in [1.29, 1.82) is 0 Å². The number of hydrogen-bond acceptors (Lipinski definition) is 4. The maximum atomic E-state index is 12.5. The van der Waals surface area contributed by atoms with Crippen LogP contribution < -0.4 is 15.6 Å². The van der Waals surface area contributed by atoms with E-state index in [9.17, 15) is 4.79 Å². The summed E-state index contributed by atoms with van der Waals surface area (Å²) >= 11 is 0. The van der Waals surface area contributed by atoms with E-state index in [-0.39, 0.29) is 5.56 Å². The normalized spacial score (nSPS) is 10.6. The van der Waals surface area contributed by atoms with E-state index < -0.39 is 0 Å². The molecule has 0 saturated heterocycles. The Morgan fingerprint density at radius 1 is 1.17 bits per heavy atom. The molecule has 0 unspecified atom stereocenters. The van der Waals surface area contributed by atoms with Crippen molar-refractivity contribution in [2.75, 3.05) is 12.4 Å². The van der Waals surface area contributed by atoms with Gasteiger partial charge in [0.25, 0.3) is 5.56 Å². The number of anilines is 1. The standard InChI is InChI=1S/C18H25N3O2/c1-4-6-16-17(13-20-21(11-5-2)18(16)22)19-12-14-7-9-15(23-3)10-8-14/h7-10,13,19H,4-6,11-12H2,1-3H3. The van der Waals surface area contributed by atoms with Crippen LogP contribution in [-0.2, 0) is 19.5 Å². The van der Waals surface area contributed by atoms with Gasteiger partial charge in [-0.3, -0.25) is 4.79 Å². The SMILES string of the molecule is CCCc1c(NCc2ccc(OC)cc2)cnn(CCC)c1=O. The lowest BCUT2D eigenvalue weighted by Crippen LogP contribution is -2.27. The summed E-state index contributed by atoms with van der Waals surface area (Å²) in [6, 6.07) is 7.89. The number of benzene rings is 1. The zero-order valence-electron chi connectivity index (χ0n) is 14.1. The second kappa shape index (κ2) is 8.36. The first-order chi connectivity index (χ1) is 11.2. The van der Waals surface area contributed by atoms with Crippen molar-refractivity contribution in [3.8, 4) is 5.75 Å². The lowest BCUT2D eigenvalue weighted by Gasteiger charge is -2.13. The van der Waals surface area contributed by atoms with Gasteiger partial charge >= 0.3 is 0 Å². The first-order valence-corrected chi connectivity index (χ1v) is 8.15. The van der Waals surface area contributed by atoms with Crippen LogP contribution in [-0.4, -0.2) is 16.9 Å². The Balaban J connectivity index is 2.17. The number of nitrogens with zero attached hydrogens (tertiary/aromatic N) is 2. The molecule has 2 aromatic rings. The maximum absolute atomic E-state index is 12.5. The lowest BCUT2D eigenvalue weighted by molar-refractivity contribution is 0.414. The number of ether oxygens (including phenoxy) is 1.